The number of alkyl carbamates (subject to hydrolysis) is 1. The molecule has 5 nitrogen and oxygen atoms in total. The molecule has 2 N–H and O–H groups in total. The zero-order valence-corrected chi connectivity index (χ0v) is 7.67. The van der Waals surface area contributed by atoms with Gasteiger partial charge in [-0.1, -0.05) is 0 Å². The molecule has 1 aromatic rings. The number of nitrogens with zero attached hydrogens (tertiary/aromatic N) is 1. The molecule has 74 valence electrons. The fraction of sp³-hybridized carbons (Fsp3) is 0.556. The Kier molecular flexibility index (Phi) is 1.53. The van der Waals surface area contributed by atoms with E-state index < -0.39 is 0 Å². The summed E-state index contributed by atoms with van der Waals surface area (Å²) in [6.07, 6.45) is 2.75. The maximum Gasteiger partial charge on any atom is 0.408 e. The average Bonchev–Trinajstić information content (AvgIpc) is 2.77. The number of nitrogens with one attached hydrogen (secondary N) is 2. The van der Waals surface area contributed by atoms with Gasteiger partial charge in [-0.15, -0.1) is 0 Å². The quantitative estimate of drug-likeness (QED) is 0.689. The van der Waals surface area contributed by atoms with Gasteiger partial charge in [-0.3, -0.25) is 5.10 Å². The molecule has 1 fully saturated rings. The van der Waals surface area contributed by atoms with Gasteiger partial charge in [-0.25, -0.2) is 4.79 Å². The van der Waals surface area contributed by atoms with Crippen LogP contribution in [0.3, 0.4) is 0 Å². The number of carbonyl (C=O) groups is 1. The van der Waals surface area contributed by atoms with Gasteiger partial charge in [0, 0.05) is 11.3 Å². The summed E-state index contributed by atoms with van der Waals surface area (Å²) in [6.45, 7) is 0.538. The van der Waals surface area contributed by atoms with Crippen LogP contribution in [0.1, 0.15) is 29.5 Å². The van der Waals surface area contributed by atoms with Crippen LogP contribution < -0.4 is 5.32 Å². The number of aryl methyl sites for hydroxylation is 1. The molecule has 0 bridgehead atoms. The summed E-state index contributed by atoms with van der Waals surface area (Å²) < 4.78 is 5.10. The van der Waals surface area contributed by atoms with Crippen molar-refractivity contribution in [1.29, 1.82) is 0 Å². The van der Waals surface area contributed by atoms with E-state index in [9.17, 15) is 4.79 Å². The first kappa shape index (κ1) is 7.84. The van der Waals surface area contributed by atoms with Gasteiger partial charge in [0.25, 0.3) is 0 Å². The lowest BCUT2D eigenvalue weighted by Gasteiger charge is -2.05. The highest BCUT2D eigenvalue weighted by Crippen LogP contribution is 2.29. The topological polar surface area (TPSA) is 67.0 Å². The third-order valence-electron chi connectivity index (χ3n) is 2.82. The molecule has 1 atom stereocenters. The number of H-pyrrole nitrogens is 1. The molecule has 0 spiro atoms. The van der Waals surface area contributed by atoms with Crippen LogP contribution >= 0.6 is 0 Å². The van der Waals surface area contributed by atoms with E-state index in [-0.39, 0.29) is 12.2 Å². The van der Waals surface area contributed by atoms with Gasteiger partial charge >= 0.3 is 6.09 Å². The first-order valence-electron chi connectivity index (χ1n) is 4.85. The van der Waals surface area contributed by atoms with Crippen LogP contribution in [0.4, 0.5) is 4.79 Å². The number of hydrogen-bond donors (Lipinski definition) is 2. The van der Waals surface area contributed by atoms with Crippen LogP contribution in [0, 0.1) is 0 Å². The molecule has 5 heteroatoms. The standard InChI is InChI=1S/C9H11N3O2/c13-9-10-4-7(14-9)8-5-2-1-3-6(5)11-12-8/h7H,1-4H2,(H,10,13)(H,11,12). The van der Waals surface area contributed by atoms with Crippen molar-refractivity contribution in [2.75, 3.05) is 6.54 Å². The van der Waals surface area contributed by atoms with E-state index in [0.717, 1.165) is 18.5 Å². The lowest BCUT2D eigenvalue weighted by molar-refractivity contribution is 0.138. The smallest absolute Gasteiger partial charge is 0.408 e. The monoisotopic (exact) mass is 193 g/mol. The number of rotatable bonds is 1. The Morgan fingerprint density at radius 3 is 3.14 bits per heavy atom. The normalized spacial score (nSPS) is 24.6. The lowest BCUT2D eigenvalue weighted by atomic mass is 10.1. The summed E-state index contributed by atoms with van der Waals surface area (Å²) in [7, 11) is 0. The minimum Gasteiger partial charge on any atom is -0.438 e. The van der Waals surface area contributed by atoms with Crippen molar-refractivity contribution in [3.8, 4) is 0 Å². The van der Waals surface area contributed by atoms with E-state index in [4.69, 9.17) is 4.74 Å². The number of ether oxygens (including phenoxy) is 1. The second-order valence-corrected chi connectivity index (χ2v) is 3.69. The van der Waals surface area contributed by atoms with Crippen molar-refractivity contribution in [3.63, 3.8) is 0 Å². The Bertz CT molecular complexity index is 385. The third-order valence-corrected chi connectivity index (χ3v) is 2.82. The Balaban J connectivity index is 1.93. The maximum absolute atomic E-state index is 10.9. The molecule has 1 unspecified atom stereocenters. The minimum absolute atomic E-state index is 0.194. The molecule has 14 heavy (non-hydrogen) atoms. The zero-order chi connectivity index (χ0) is 9.54. The van der Waals surface area contributed by atoms with Crippen molar-refractivity contribution in [2.45, 2.75) is 25.4 Å². The van der Waals surface area contributed by atoms with Crippen LogP contribution in [-0.2, 0) is 17.6 Å². The Morgan fingerprint density at radius 1 is 1.43 bits per heavy atom. The molecule has 0 saturated carbocycles. The summed E-state index contributed by atoms with van der Waals surface area (Å²) >= 11 is 0. The van der Waals surface area contributed by atoms with Crippen LogP contribution in [0.25, 0.3) is 0 Å². The Morgan fingerprint density at radius 2 is 2.36 bits per heavy atom. The number of aromatic amines is 1. The van der Waals surface area contributed by atoms with Crippen molar-refractivity contribution in [2.24, 2.45) is 0 Å². The van der Waals surface area contributed by atoms with Gasteiger partial charge < -0.3 is 10.1 Å². The van der Waals surface area contributed by atoms with E-state index in [1.165, 1.54) is 17.7 Å². The van der Waals surface area contributed by atoms with Gasteiger partial charge in [0.2, 0.25) is 0 Å². The molecule has 1 saturated heterocycles. The molecule has 2 heterocycles. The highest BCUT2D eigenvalue weighted by atomic mass is 16.6. The molecule has 0 radical (unpaired) electrons. The third kappa shape index (κ3) is 1.01. The zero-order valence-electron chi connectivity index (χ0n) is 7.67. The highest BCUT2D eigenvalue weighted by Gasteiger charge is 2.31. The molecule has 0 aromatic carbocycles. The molecule has 1 aliphatic heterocycles. The van der Waals surface area contributed by atoms with Crippen LogP contribution in [0.5, 0.6) is 0 Å². The summed E-state index contributed by atoms with van der Waals surface area (Å²) in [5.41, 5.74) is 3.38. The van der Waals surface area contributed by atoms with Crippen molar-refractivity contribution in [3.05, 3.63) is 17.0 Å². The van der Waals surface area contributed by atoms with E-state index in [2.05, 4.69) is 15.5 Å². The predicted molar refractivity (Wildman–Crippen MR) is 47.8 cm³/mol. The summed E-state index contributed by atoms with van der Waals surface area (Å²) in [5, 5.41) is 9.85. The SMILES string of the molecule is O=C1NCC(c2n[nH]c3c2CCC3)O1. The molecule has 1 aromatic heterocycles. The number of aromatic nitrogens is 2. The fourth-order valence-electron chi connectivity index (χ4n) is 2.15. The fourth-order valence-corrected chi connectivity index (χ4v) is 2.15. The van der Waals surface area contributed by atoms with E-state index in [0.29, 0.717) is 6.54 Å². The summed E-state index contributed by atoms with van der Waals surface area (Å²) in [5.74, 6) is 0. The van der Waals surface area contributed by atoms with Gasteiger partial charge in [0.05, 0.1) is 6.54 Å². The second kappa shape index (κ2) is 2.73. The summed E-state index contributed by atoms with van der Waals surface area (Å²) in [4.78, 5) is 10.9. The molecule has 1 aliphatic carbocycles. The lowest BCUT2D eigenvalue weighted by Crippen LogP contribution is -2.12. The van der Waals surface area contributed by atoms with Crippen molar-refractivity contribution in [1.82, 2.24) is 15.5 Å². The number of cyclic esters (lactones) is 1. The first-order chi connectivity index (χ1) is 6.84. The van der Waals surface area contributed by atoms with Gasteiger partial charge in [0.1, 0.15) is 5.69 Å². The highest BCUT2D eigenvalue weighted by molar-refractivity contribution is 5.69. The second-order valence-electron chi connectivity index (χ2n) is 3.69. The van der Waals surface area contributed by atoms with Crippen LogP contribution in [0.2, 0.25) is 0 Å². The number of amides is 1. The van der Waals surface area contributed by atoms with Gasteiger partial charge in [-0.2, -0.15) is 5.10 Å². The molecule has 2 aliphatic rings. The molecular formula is C9H11N3O2. The van der Waals surface area contributed by atoms with Crippen LogP contribution in [-0.4, -0.2) is 22.8 Å². The number of fused-ring (bicyclic) bond motifs is 1. The maximum atomic E-state index is 10.9. The van der Waals surface area contributed by atoms with E-state index in [1.807, 2.05) is 0 Å². The van der Waals surface area contributed by atoms with Gasteiger partial charge in [-0.05, 0) is 19.3 Å². The molecular weight excluding hydrogens is 182 g/mol. The predicted octanol–water partition coefficient (Wildman–Crippen LogP) is 0.679. The minimum atomic E-state index is -0.343. The Hall–Kier alpha value is -1.52. The number of carbonyl (C=O) groups excluding carboxylic acids is 1. The van der Waals surface area contributed by atoms with Gasteiger partial charge in [0.15, 0.2) is 6.10 Å². The molecule has 1 amide bonds. The molecule has 3 rings (SSSR count). The van der Waals surface area contributed by atoms with E-state index >= 15 is 0 Å². The summed E-state index contributed by atoms with van der Waals surface area (Å²) in [6, 6.07) is 0. The van der Waals surface area contributed by atoms with E-state index in [1.54, 1.807) is 0 Å². The van der Waals surface area contributed by atoms with Crippen molar-refractivity contribution < 1.29 is 9.53 Å². The van der Waals surface area contributed by atoms with Crippen LogP contribution in [0.15, 0.2) is 0 Å². The first-order valence-corrected chi connectivity index (χ1v) is 4.85. The largest absolute Gasteiger partial charge is 0.438 e. The number of hydrogen-bond acceptors (Lipinski definition) is 3. The Labute approximate surface area is 80.8 Å². The average molecular weight is 193 g/mol. The van der Waals surface area contributed by atoms with Crippen molar-refractivity contribution >= 4 is 6.09 Å².